The maximum atomic E-state index is 3.62. The van der Waals surface area contributed by atoms with E-state index in [9.17, 15) is 0 Å². The number of hydrogen-bond acceptors (Lipinski definition) is 0. The molecule has 0 radical (unpaired) electrons. The first kappa shape index (κ1) is 12.6. The van der Waals surface area contributed by atoms with Crippen molar-refractivity contribution in [1.29, 1.82) is 0 Å². The van der Waals surface area contributed by atoms with E-state index in [4.69, 9.17) is 0 Å². The van der Waals surface area contributed by atoms with Crippen molar-refractivity contribution in [2.24, 2.45) is 0 Å². The van der Waals surface area contributed by atoms with Crippen LogP contribution in [0.15, 0.2) is 77.3 Å². The summed E-state index contributed by atoms with van der Waals surface area (Å²) in [5, 5.41) is 2.66. The fourth-order valence-corrected chi connectivity index (χ4v) is 4.05. The fourth-order valence-electron chi connectivity index (χ4n) is 2.01. The molecule has 3 rings (SSSR count). The summed E-state index contributed by atoms with van der Waals surface area (Å²) in [7, 11) is 1.25. The van der Waals surface area contributed by atoms with Gasteiger partial charge in [0.2, 0.25) is 0 Å². The third-order valence-corrected chi connectivity index (χ3v) is 4.64. The van der Waals surface area contributed by atoms with Crippen LogP contribution in [0.3, 0.4) is 0 Å². The van der Waals surface area contributed by atoms with Gasteiger partial charge in [0.05, 0.1) is 0 Å². The molecule has 0 aliphatic rings. The van der Waals surface area contributed by atoms with Gasteiger partial charge in [-0.15, -0.1) is 0 Å². The Balaban J connectivity index is 2.12. The molecule has 1 aromatic heterocycles. The molecular weight excluding hydrogens is 315 g/mol. The highest BCUT2D eigenvalue weighted by Gasteiger charge is 2.04. The summed E-state index contributed by atoms with van der Waals surface area (Å²) < 4.78 is 1.13. The second-order valence-electron chi connectivity index (χ2n) is 4.29. The van der Waals surface area contributed by atoms with E-state index in [1.165, 1.54) is 29.9 Å². The molecule has 19 heavy (non-hydrogen) atoms. The van der Waals surface area contributed by atoms with E-state index in [1.54, 1.807) is 0 Å². The predicted octanol–water partition coefficient (Wildman–Crippen LogP) is 6.36. The lowest BCUT2D eigenvalue weighted by Crippen LogP contribution is -1.77. The minimum Gasteiger partial charge on any atom is -0.0622 e. The molecule has 0 aliphatic heterocycles. The van der Waals surface area contributed by atoms with Gasteiger partial charge in [0.1, 0.15) is 0 Å². The zero-order valence-corrected chi connectivity index (χ0v) is 12.7. The van der Waals surface area contributed by atoms with Gasteiger partial charge in [0, 0.05) is 15.1 Å². The quantitative estimate of drug-likeness (QED) is 0.513. The van der Waals surface area contributed by atoms with Crippen molar-refractivity contribution in [2.75, 3.05) is 0 Å². The largest absolute Gasteiger partial charge is 0.0622 e. The Labute approximate surface area is 123 Å². The van der Waals surface area contributed by atoms with Crippen molar-refractivity contribution in [3.63, 3.8) is 0 Å². The van der Waals surface area contributed by atoms with Gasteiger partial charge in [0.15, 0.2) is 0 Å². The number of halogens is 1. The molecule has 0 saturated carbocycles. The van der Waals surface area contributed by atoms with E-state index in [0.717, 1.165) is 4.47 Å². The van der Waals surface area contributed by atoms with E-state index in [-0.39, 0.29) is 0 Å². The van der Waals surface area contributed by atoms with Crippen molar-refractivity contribution in [1.82, 2.24) is 0 Å². The smallest absolute Gasteiger partial charge is 0.0194 e. The minimum absolute atomic E-state index is 1.13. The monoisotopic (exact) mass is 326 g/mol. The van der Waals surface area contributed by atoms with E-state index < -0.39 is 0 Å². The summed E-state index contributed by atoms with van der Waals surface area (Å²) in [4.78, 5) is 0. The third-order valence-electron chi connectivity index (χ3n) is 2.93. The van der Waals surface area contributed by atoms with Crippen LogP contribution in [0.1, 0.15) is 0 Å². The average Bonchev–Trinajstić information content (AvgIpc) is 2.48. The second kappa shape index (κ2) is 5.69. The Morgan fingerprint density at radius 3 is 1.47 bits per heavy atom. The van der Waals surface area contributed by atoms with Crippen LogP contribution in [0.2, 0.25) is 0 Å². The van der Waals surface area contributed by atoms with Crippen LogP contribution < -0.4 is 0 Å². The van der Waals surface area contributed by atoms with E-state index >= 15 is 0 Å². The van der Waals surface area contributed by atoms with Gasteiger partial charge in [0.25, 0.3) is 0 Å². The fraction of sp³-hybridized carbons (Fsp3) is 0. The Morgan fingerprint density at radius 1 is 0.632 bits per heavy atom. The summed E-state index contributed by atoms with van der Waals surface area (Å²) in [5.74, 6) is 0. The molecule has 1 heterocycles. The number of benzene rings is 2. The lowest BCUT2D eigenvalue weighted by atomic mass is 10.1. The highest BCUT2D eigenvalue weighted by Crippen LogP contribution is 2.39. The first-order valence-electron chi connectivity index (χ1n) is 6.11. The van der Waals surface area contributed by atoms with Crippen molar-refractivity contribution in [3.8, 4) is 21.7 Å². The second-order valence-corrected chi connectivity index (χ2v) is 6.39. The molecule has 0 amide bonds. The lowest BCUT2D eigenvalue weighted by Gasteiger charge is -2.06. The van der Waals surface area contributed by atoms with Gasteiger partial charge >= 0.3 is 0 Å². The van der Waals surface area contributed by atoms with Crippen molar-refractivity contribution in [3.05, 3.63) is 77.3 Å². The van der Waals surface area contributed by atoms with Crippen LogP contribution in [-0.2, 0) is 0 Å². The predicted molar refractivity (Wildman–Crippen MR) is 87.5 cm³/mol. The number of rotatable bonds is 2. The molecule has 0 aliphatic carbocycles. The molecule has 0 unspecified atom stereocenters. The zero-order chi connectivity index (χ0) is 13.1. The first-order chi connectivity index (χ1) is 9.33. The highest BCUT2D eigenvalue weighted by molar-refractivity contribution is 9.10. The third kappa shape index (κ3) is 2.94. The molecule has 0 spiro atoms. The maximum Gasteiger partial charge on any atom is 0.0194 e. The van der Waals surface area contributed by atoms with E-state index in [2.05, 4.69) is 88.7 Å². The van der Waals surface area contributed by atoms with Gasteiger partial charge in [-0.1, -0.05) is 84.8 Å². The van der Waals surface area contributed by atoms with Gasteiger partial charge in [-0.05, 0) is 23.3 Å². The van der Waals surface area contributed by atoms with Crippen LogP contribution in [0, 0.1) is 0 Å². The molecular formula is C17H12BrP. The summed E-state index contributed by atoms with van der Waals surface area (Å²) in [5.41, 5.74) is 2.56. The van der Waals surface area contributed by atoms with Crippen LogP contribution in [-0.4, -0.2) is 0 Å². The van der Waals surface area contributed by atoms with Crippen molar-refractivity contribution >= 4 is 24.1 Å². The van der Waals surface area contributed by atoms with Crippen LogP contribution in [0.5, 0.6) is 0 Å². The molecule has 0 atom stereocenters. The summed E-state index contributed by atoms with van der Waals surface area (Å²) >= 11 is 3.62. The molecule has 0 saturated heterocycles. The molecule has 2 heteroatoms. The summed E-state index contributed by atoms with van der Waals surface area (Å²) in [6.07, 6.45) is 0. The molecule has 0 bridgehead atoms. The molecule has 0 nitrogen and oxygen atoms in total. The molecule has 2 aromatic carbocycles. The van der Waals surface area contributed by atoms with Crippen LogP contribution in [0.4, 0.5) is 0 Å². The highest BCUT2D eigenvalue weighted by atomic mass is 79.9. The Kier molecular flexibility index (Phi) is 3.77. The standard InChI is InChI=1S/C17H12BrP/c18-15-11-16(13-7-3-1-4-8-13)19-17(12-15)14-9-5-2-6-10-14/h1-12H. The van der Waals surface area contributed by atoms with Crippen molar-refractivity contribution in [2.45, 2.75) is 0 Å². The van der Waals surface area contributed by atoms with Crippen LogP contribution in [0.25, 0.3) is 21.7 Å². The normalized spacial score (nSPS) is 10.4. The Bertz CT molecular complexity index is 620. The van der Waals surface area contributed by atoms with Gasteiger partial charge in [-0.3, -0.25) is 0 Å². The van der Waals surface area contributed by atoms with Gasteiger partial charge in [-0.25, -0.2) is 0 Å². The Hall–Kier alpha value is -1.43. The molecule has 0 fully saturated rings. The first-order valence-corrected chi connectivity index (χ1v) is 7.80. The Morgan fingerprint density at radius 2 is 1.05 bits per heavy atom. The van der Waals surface area contributed by atoms with Crippen LogP contribution >= 0.6 is 24.1 Å². The molecule has 3 aromatic rings. The van der Waals surface area contributed by atoms with E-state index in [1.807, 2.05) is 0 Å². The zero-order valence-electron chi connectivity index (χ0n) is 10.3. The molecule has 0 N–H and O–H groups in total. The molecule has 92 valence electrons. The minimum atomic E-state index is 1.13. The van der Waals surface area contributed by atoms with Crippen molar-refractivity contribution < 1.29 is 0 Å². The maximum absolute atomic E-state index is 3.62. The SMILES string of the molecule is Brc1cc(-c2ccccc2)pc(-c2ccccc2)c1. The topological polar surface area (TPSA) is 0 Å². The lowest BCUT2D eigenvalue weighted by molar-refractivity contribution is 1.65. The average molecular weight is 327 g/mol. The van der Waals surface area contributed by atoms with E-state index in [0.29, 0.717) is 0 Å². The number of hydrogen-bond donors (Lipinski definition) is 0. The van der Waals surface area contributed by atoms with Gasteiger partial charge < -0.3 is 0 Å². The summed E-state index contributed by atoms with van der Waals surface area (Å²) in [6, 6.07) is 25.5. The summed E-state index contributed by atoms with van der Waals surface area (Å²) in [6.45, 7) is 0. The van der Waals surface area contributed by atoms with Gasteiger partial charge in [-0.2, -0.15) is 0 Å².